The maximum Gasteiger partial charge on any atom is 0.220 e. The standard InChI is InChI=1S/C8H15NO3/c1-12-7-3-2-5(8(9)11)4-6(7)10/h5-7,10H,2-4H2,1H3,(H2,9,11)/t5-,6-,7?/m0/s1. The van der Waals surface area contributed by atoms with Gasteiger partial charge >= 0.3 is 0 Å². The van der Waals surface area contributed by atoms with Gasteiger partial charge in [0.15, 0.2) is 0 Å². The third-order valence-electron chi connectivity index (χ3n) is 2.46. The van der Waals surface area contributed by atoms with Gasteiger partial charge in [0, 0.05) is 13.0 Å². The van der Waals surface area contributed by atoms with Crippen LogP contribution in [0.4, 0.5) is 0 Å². The summed E-state index contributed by atoms with van der Waals surface area (Å²) in [6.45, 7) is 0. The fraction of sp³-hybridized carbons (Fsp3) is 0.875. The molecule has 1 amide bonds. The number of carbonyl (C=O) groups excluding carboxylic acids is 1. The van der Waals surface area contributed by atoms with Gasteiger partial charge in [-0.3, -0.25) is 4.79 Å². The fourth-order valence-corrected chi connectivity index (χ4v) is 1.65. The SMILES string of the molecule is COC1CC[C@H](C(N)=O)C[C@@H]1O. The summed E-state index contributed by atoms with van der Waals surface area (Å²) < 4.78 is 5.03. The Kier molecular flexibility index (Phi) is 3.05. The molecule has 70 valence electrons. The molecule has 0 radical (unpaired) electrons. The maximum absolute atomic E-state index is 10.8. The van der Waals surface area contributed by atoms with E-state index in [1.807, 2.05) is 0 Å². The number of aliphatic hydroxyl groups is 1. The number of aliphatic hydroxyl groups excluding tert-OH is 1. The molecule has 0 aromatic rings. The molecule has 4 heteroatoms. The zero-order valence-corrected chi connectivity index (χ0v) is 7.19. The van der Waals surface area contributed by atoms with Gasteiger partial charge in [0.2, 0.25) is 5.91 Å². The number of methoxy groups -OCH3 is 1. The van der Waals surface area contributed by atoms with Crippen molar-refractivity contribution in [3.05, 3.63) is 0 Å². The molecule has 4 nitrogen and oxygen atoms in total. The number of primary amides is 1. The van der Waals surface area contributed by atoms with Crippen LogP contribution >= 0.6 is 0 Å². The lowest BCUT2D eigenvalue weighted by molar-refractivity contribution is -0.127. The number of rotatable bonds is 2. The zero-order valence-electron chi connectivity index (χ0n) is 7.19. The monoisotopic (exact) mass is 173 g/mol. The van der Waals surface area contributed by atoms with Crippen molar-refractivity contribution in [2.75, 3.05) is 7.11 Å². The molecule has 0 aliphatic heterocycles. The number of hydrogen-bond acceptors (Lipinski definition) is 3. The first kappa shape index (κ1) is 9.48. The first-order chi connectivity index (χ1) is 5.65. The number of amides is 1. The molecule has 1 unspecified atom stereocenters. The quantitative estimate of drug-likeness (QED) is 0.599. The topological polar surface area (TPSA) is 72.5 Å². The van der Waals surface area contributed by atoms with Crippen LogP contribution in [0.25, 0.3) is 0 Å². The van der Waals surface area contributed by atoms with Gasteiger partial charge in [-0.1, -0.05) is 0 Å². The Balaban J connectivity index is 2.46. The van der Waals surface area contributed by atoms with Crippen molar-refractivity contribution in [1.29, 1.82) is 0 Å². The van der Waals surface area contributed by atoms with Gasteiger partial charge in [-0.25, -0.2) is 0 Å². The molecule has 0 saturated heterocycles. The van der Waals surface area contributed by atoms with Crippen LogP contribution in [0.1, 0.15) is 19.3 Å². The van der Waals surface area contributed by atoms with Gasteiger partial charge in [0.05, 0.1) is 12.2 Å². The highest BCUT2D eigenvalue weighted by atomic mass is 16.5. The second-order valence-corrected chi connectivity index (χ2v) is 3.25. The van der Waals surface area contributed by atoms with E-state index in [4.69, 9.17) is 10.5 Å². The highest BCUT2D eigenvalue weighted by Crippen LogP contribution is 2.25. The van der Waals surface area contributed by atoms with Gasteiger partial charge in [-0.2, -0.15) is 0 Å². The summed E-state index contributed by atoms with van der Waals surface area (Å²) in [6, 6.07) is 0. The van der Waals surface area contributed by atoms with E-state index in [0.717, 1.165) is 6.42 Å². The third-order valence-corrected chi connectivity index (χ3v) is 2.46. The maximum atomic E-state index is 10.8. The Bertz CT molecular complexity index is 172. The van der Waals surface area contributed by atoms with Crippen molar-refractivity contribution in [1.82, 2.24) is 0 Å². The number of hydrogen-bond donors (Lipinski definition) is 2. The van der Waals surface area contributed by atoms with E-state index >= 15 is 0 Å². The fourth-order valence-electron chi connectivity index (χ4n) is 1.65. The Hall–Kier alpha value is -0.610. The molecule has 12 heavy (non-hydrogen) atoms. The normalized spacial score (nSPS) is 36.3. The minimum Gasteiger partial charge on any atom is -0.390 e. The zero-order chi connectivity index (χ0) is 9.14. The summed E-state index contributed by atoms with van der Waals surface area (Å²) in [5, 5.41) is 9.46. The molecule has 1 saturated carbocycles. The van der Waals surface area contributed by atoms with Gasteiger partial charge in [-0.05, 0) is 19.3 Å². The molecule has 0 spiro atoms. The minimum absolute atomic E-state index is 0.124. The Morgan fingerprint density at radius 2 is 2.25 bits per heavy atom. The summed E-state index contributed by atoms with van der Waals surface area (Å²) in [6.07, 6.45) is 1.21. The molecular weight excluding hydrogens is 158 g/mol. The predicted molar refractivity (Wildman–Crippen MR) is 43.3 cm³/mol. The van der Waals surface area contributed by atoms with Crippen LogP contribution in [0, 0.1) is 5.92 Å². The van der Waals surface area contributed by atoms with E-state index in [0.29, 0.717) is 12.8 Å². The van der Waals surface area contributed by atoms with E-state index in [9.17, 15) is 9.90 Å². The molecule has 0 aromatic heterocycles. The second-order valence-electron chi connectivity index (χ2n) is 3.25. The highest BCUT2D eigenvalue weighted by Gasteiger charge is 2.31. The van der Waals surface area contributed by atoms with E-state index in [2.05, 4.69) is 0 Å². The molecule has 3 atom stereocenters. The van der Waals surface area contributed by atoms with Crippen molar-refractivity contribution in [2.45, 2.75) is 31.5 Å². The largest absolute Gasteiger partial charge is 0.390 e. The number of ether oxygens (including phenoxy) is 1. The molecular formula is C8H15NO3. The van der Waals surface area contributed by atoms with E-state index in [-0.39, 0.29) is 17.9 Å². The summed E-state index contributed by atoms with van der Waals surface area (Å²) in [4.78, 5) is 10.8. The lowest BCUT2D eigenvalue weighted by atomic mass is 9.85. The second kappa shape index (κ2) is 3.87. The van der Waals surface area contributed by atoms with Gasteiger partial charge in [-0.15, -0.1) is 0 Å². The first-order valence-corrected chi connectivity index (χ1v) is 4.15. The van der Waals surface area contributed by atoms with Crippen LogP contribution in [0.2, 0.25) is 0 Å². The van der Waals surface area contributed by atoms with Crippen molar-refractivity contribution in [3.8, 4) is 0 Å². The van der Waals surface area contributed by atoms with Gasteiger partial charge in [0.1, 0.15) is 0 Å². The summed E-state index contributed by atoms with van der Waals surface area (Å²) in [5.74, 6) is -0.491. The van der Waals surface area contributed by atoms with Gasteiger partial charge in [0.25, 0.3) is 0 Å². The lowest BCUT2D eigenvalue weighted by Gasteiger charge is -2.30. The first-order valence-electron chi connectivity index (χ1n) is 4.15. The molecule has 1 fully saturated rings. The van der Waals surface area contributed by atoms with Crippen LogP contribution in [-0.2, 0) is 9.53 Å². The molecule has 1 aliphatic rings. The molecule has 1 aliphatic carbocycles. The Labute approximate surface area is 71.7 Å². The summed E-state index contributed by atoms with van der Waals surface area (Å²) >= 11 is 0. The number of nitrogens with two attached hydrogens (primary N) is 1. The summed E-state index contributed by atoms with van der Waals surface area (Å²) in [5.41, 5.74) is 5.13. The van der Waals surface area contributed by atoms with Gasteiger partial charge < -0.3 is 15.6 Å². The van der Waals surface area contributed by atoms with Crippen molar-refractivity contribution in [2.24, 2.45) is 11.7 Å². The predicted octanol–water partition coefficient (Wildman–Crippen LogP) is -0.352. The van der Waals surface area contributed by atoms with Crippen LogP contribution in [0.15, 0.2) is 0 Å². The van der Waals surface area contributed by atoms with Crippen molar-refractivity contribution >= 4 is 5.91 Å². The lowest BCUT2D eigenvalue weighted by Crippen LogP contribution is -2.39. The van der Waals surface area contributed by atoms with E-state index in [1.165, 1.54) is 0 Å². The molecule has 0 bridgehead atoms. The van der Waals surface area contributed by atoms with Crippen molar-refractivity contribution in [3.63, 3.8) is 0 Å². The minimum atomic E-state index is -0.541. The van der Waals surface area contributed by atoms with E-state index in [1.54, 1.807) is 7.11 Å². The third kappa shape index (κ3) is 1.95. The van der Waals surface area contributed by atoms with Crippen LogP contribution < -0.4 is 5.73 Å². The molecule has 3 N–H and O–H groups in total. The smallest absolute Gasteiger partial charge is 0.220 e. The van der Waals surface area contributed by atoms with Crippen LogP contribution in [0.5, 0.6) is 0 Å². The van der Waals surface area contributed by atoms with Crippen LogP contribution in [-0.4, -0.2) is 30.3 Å². The molecule has 1 rings (SSSR count). The average molecular weight is 173 g/mol. The number of carbonyl (C=O) groups is 1. The Morgan fingerprint density at radius 1 is 1.58 bits per heavy atom. The average Bonchev–Trinajstić information content (AvgIpc) is 2.04. The Morgan fingerprint density at radius 3 is 2.67 bits per heavy atom. The highest BCUT2D eigenvalue weighted by molar-refractivity contribution is 5.76. The molecule has 0 heterocycles. The summed E-state index contributed by atoms with van der Waals surface area (Å²) in [7, 11) is 1.57. The van der Waals surface area contributed by atoms with Crippen molar-refractivity contribution < 1.29 is 14.6 Å². The molecule has 0 aromatic carbocycles. The van der Waals surface area contributed by atoms with E-state index < -0.39 is 6.10 Å². The van der Waals surface area contributed by atoms with Crippen LogP contribution in [0.3, 0.4) is 0 Å².